The van der Waals surface area contributed by atoms with Crippen LogP contribution in [0.15, 0.2) is 30.3 Å². The molecule has 0 atom stereocenters. The highest BCUT2D eigenvalue weighted by atomic mass is 35.5. The van der Waals surface area contributed by atoms with Gasteiger partial charge in [-0.25, -0.2) is 14.8 Å². The summed E-state index contributed by atoms with van der Waals surface area (Å²) in [5.41, 5.74) is 1.41. The average molecular weight is 277 g/mol. The van der Waals surface area contributed by atoms with Crippen LogP contribution in [0, 0.1) is 13.8 Å². The lowest BCUT2D eigenvalue weighted by Crippen LogP contribution is -2.20. The van der Waals surface area contributed by atoms with Crippen molar-refractivity contribution in [3.63, 3.8) is 0 Å². The molecule has 0 bridgehead atoms. The van der Waals surface area contributed by atoms with E-state index in [2.05, 4.69) is 20.6 Å². The van der Waals surface area contributed by atoms with Crippen LogP contribution in [0.1, 0.15) is 11.5 Å². The average Bonchev–Trinajstić information content (AvgIpc) is 2.26. The first-order valence-electron chi connectivity index (χ1n) is 5.69. The van der Waals surface area contributed by atoms with Gasteiger partial charge in [-0.3, -0.25) is 5.32 Å². The summed E-state index contributed by atoms with van der Waals surface area (Å²) in [6.45, 7) is 3.61. The van der Waals surface area contributed by atoms with Crippen molar-refractivity contribution in [1.29, 1.82) is 0 Å². The molecule has 1 aromatic carbocycles. The monoisotopic (exact) mass is 276 g/mol. The Labute approximate surface area is 116 Å². The number of halogens is 1. The maximum absolute atomic E-state index is 11.8. The summed E-state index contributed by atoms with van der Waals surface area (Å²) < 4.78 is 0. The summed E-state index contributed by atoms with van der Waals surface area (Å²) in [5.74, 6) is 1.07. The van der Waals surface area contributed by atoms with Crippen LogP contribution >= 0.6 is 11.6 Å². The van der Waals surface area contributed by atoms with E-state index in [1.54, 1.807) is 37.3 Å². The SMILES string of the molecule is Cc1cc(NC(=O)Nc2cccc(Cl)c2)nc(C)n1. The molecule has 0 saturated heterocycles. The van der Waals surface area contributed by atoms with Crippen LogP contribution in [-0.4, -0.2) is 16.0 Å². The lowest BCUT2D eigenvalue weighted by atomic mass is 10.3. The van der Waals surface area contributed by atoms with E-state index in [-0.39, 0.29) is 6.03 Å². The second-order valence-electron chi connectivity index (χ2n) is 4.03. The van der Waals surface area contributed by atoms with E-state index >= 15 is 0 Å². The lowest BCUT2D eigenvalue weighted by molar-refractivity contribution is 0.262. The summed E-state index contributed by atoms with van der Waals surface area (Å²) in [7, 11) is 0. The third kappa shape index (κ3) is 3.93. The van der Waals surface area contributed by atoms with Crippen molar-refractivity contribution >= 4 is 29.1 Å². The number of urea groups is 1. The topological polar surface area (TPSA) is 66.9 Å². The zero-order valence-corrected chi connectivity index (χ0v) is 11.3. The predicted molar refractivity (Wildman–Crippen MR) is 75.6 cm³/mol. The summed E-state index contributed by atoms with van der Waals surface area (Å²) in [6, 6.07) is 8.24. The number of nitrogens with zero attached hydrogens (tertiary/aromatic N) is 2. The zero-order chi connectivity index (χ0) is 13.8. The number of carbonyl (C=O) groups excluding carboxylic acids is 1. The van der Waals surface area contributed by atoms with Gasteiger partial charge >= 0.3 is 6.03 Å². The maximum atomic E-state index is 11.8. The third-order valence-electron chi connectivity index (χ3n) is 2.29. The van der Waals surface area contributed by atoms with E-state index in [1.807, 2.05) is 6.92 Å². The van der Waals surface area contributed by atoms with Crippen molar-refractivity contribution in [3.8, 4) is 0 Å². The van der Waals surface area contributed by atoms with E-state index in [1.165, 1.54) is 0 Å². The number of benzene rings is 1. The Balaban J connectivity index is 2.05. The van der Waals surface area contributed by atoms with Crippen LogP contribution in [0.5, 0.6) is 0 Å². The molecular formula is C13H13ClN4O. The number of amides is 2. The molecule has 6 heteroatoms. The molecule has 2 amide bonds. The van der Waals surface area contributed by atoms with E-state index in [0.29, 0.717) is 22.4 Å². The second kappa shape index (κ2) is 5.67. The van der Waals surface area contributed by atoms with Crippen molar-refractivity contribution in [2.24, 2.45) is 0 Å². The molecule has 2 rings (SSSR count). The van der Waals surface area contributed by atoms with Gasteiger partial charge < -0.3 is 5.32 Å². The Kier molecular flexibility index (Phi) is 3.97. The van der Waals surface area contributed by atoms with Crippen LogP contribution in [0.25, 0.3) is 0 Å². The van der Waals surface area contributed by atoms with Crippen LogP contribution < -0.4 is 10.6 Å². The quantitative estimate of drug-likeness (QED) is 0.883. The largest absolute Gasteiger partial charge is 0.324 e. The molecule has 0 saturated carbocycles. The molecule has 0 unspecified atom stereocenters. The molecular weight excluding hydrogens is 264 g/mol. The van der Waals surface area contributed by atoms with Gasteiger partial charge in [-0.2, -0.15) is 0 Å². The Morgan fingerprint density at radius 1 is 1.16 bits per heavy atom. The fourth-order valence-electron chi connectivity index (χ4n) is 1.63. The molecule has 2 aromatic rings. The Hall–Kier alpha value is -2.14. The Morgan fingerprint density at radius 2 is 1.95 bits per heavy atom. The standard InChI is InChI=1S/C13H13ClN4O/c1-8-6-12(16-9(2)15-8)18-13(19)17-11-5-3-4-10(14)7-11/h3-7H,1-2H3,(H2,15,16,17,18,19). The van der Waals surface area contributed by atoms with Gasteiger partial charge in [0.05, 0.1) is 0 Å². The van der Waals surface area contributed by atoms with Gasteiger partial charge in [0, 0.05) is 22.5 Å². The minimum atomic E-state index is -0.375. The molecule has 0 fully saturated rings. The highest BCUT2D eigenvalue weighted by molar-refractivity contribution is 6.30. The molecule has 5 nitrogen and oxygen atoms in total. The summed E-state index contributed by atoms with van der Waals surface area (Å²) in [5, 5.41) is 5.88. The van der Waals surface area contributed by atoms with E-state index in [0.717, 1.165) is 5.69 Å². The molecule has 0 aliphatic carbocycles. The van der Waals surface area contributed by atoms with Crippen molar-refractivity contribution < 1.29 is 4.79 Å². The molecule has 98 valence electrons. The molecule has 1 heterocycles. The predicted octanol–water partition coefficient (Wildman–Crippen LogP) is 3.39. The first kappa shape index (κ1) is 13.3. The van der Waals surface area contributed by atoms with Crippen LogP contribution in [0.2, 0.25) is 5.02 Å². The number of aromatic nitrogens is 2. The molecule has 0 spiro atoms. The Bertz CT molecular complexity index is 595. The van der Waals surface area contributed by atoms with Crippen molar-refractivity contribution in [1.82, 2.24) is 9.97 Å². The van der Waals surface area contributed by atoms with Gasteiger partial charge in [0.1, 0.15) is 11.6 Å². The van der Waals surface area contributed by atoms with E-state index in [9.17, 15) is 4.79 Å². The van der Waals surface area contributed by atoms with Crippen molar-refractivity contribution in [2.75, 3.05) is 10.6 Å². The number of anilines is 2. The van der Waals surface area contributed by atoms with E-state index < -0.39 is 0 Å². The third-order valence-corrected chi connectivity index (χ3v) is 2.53. The van der Waals surface area contributed by atoms with Gasteiger partial charge in [-0.15, -0.1) is 0 Å². The smallest absolute Gasteiger partial charge is 0.308 e. The minimum absolute atomic E-state index is 0.375. The first-order chi connectivity index (χ1) is 9.02. The summed E-state index contributed by atoms with van der Waals surface area (Å²) in [6.07, 6.45) is 0. The zero-order valence-electron chi connectivity index (χ0n) is 10.6. The van der Waals surface area contributed by atoms with Crippen LogP contribution in [0.4, 0.5) is 16.3 Å². The highest BCUT2D eigenvalue weighted by Gasteiger charge is 2.05. The number of rotatable bonds is 2. The lowest BCUT2D eigenvalue weighted by Gasteiger charge is -2.08. The molecule has 0 aliphatic rings. The van der Waals surface area contributed by atoms with Gasteiger partial charge in [-0.05, 0) is 32.0 Å². The second-order valence-corrected chi connectivity index (χ2v) is 4.47. The molecule has 19 heavy (non-hydrogen) atoms. The van der Waals surface area contributed by atoms with Gasteiger partial charge in [0.25, 0.3) is 0 Å². The fraction of sp³-hybridized carbons (Fsp3) is 0.154. The van der Waals surface area contributed by atoms with Gasteiger partial charge in [-0.1, -0.05) is 17.7 Å². The maximum Gasteiger partial charge on any atom is 0.324 e. The molecule has 0 radical (unpaired) electrons. The van der Waals surface area contributed by atoms with Crippen molar-refractivity contribution in [3.05, 3.63) is 46.9 Å². The number of hydrogen-bond acceptors (Lipinski definition) is 3. The highest BCUT2D eigenvalue weighted by Crippen LogP contribution is 2.15. The molecule has 1 aromatic heterocycles. The summed E-state index contributed by atoms with van der Waals surface area (Å²) >= 11 is 5.84. The number of hydrogen-bond donors (Lipinski definition) is 2. The molecule has 2 N–H and O–H groups in total. The number of aryl methyl sites for hydroxylation is 2. The van der Waals surface area contributed by atoms with Gasteiger partial charge in [0.15, 0.2) is 0 Å². The molecule has 0 aliphatic heterocycles. The number of carbonyl (C=O) groups is 1. The normalized spacial score (nSPS) is 10.1. The van der Waals surface area contributed by atoms with Crippen LogP contribution in [-0.2, 0) is 0 Å². The summed E-state index contributed by atoms with van der Waals surface area (Å²) in [4.78, 5) is 20.1. The van der Waals surface area contributed by atoms with Crippen LogP contribution in [0.3, 0.4) is 0 Å². The first-order valence-corrected chi connectivity index (χ1v) is 6.06. The van der Waals surface area contributed by atoms with Gasteiger partial charge in [0.2, 0.25) is 0 Å². The number of nitrogens with one attached hydrogen (secondary N) is 2. The van der Waals surface area contributed by atoms with E-state index in [4.69, 9.17) is 11.6 Å². The minimum Gasteiger partial charge on any atom is -0.308 e. The fourth-order valence-corrected chi connectivity index (χ4v) is 1.82. The van der Waals surface area contributed by atoms with Crippen molar-refractivity contribution in [2.45, 2.75) is 13.8 Å². The Morgan fingerprint density at radius 3 is 2.63 bits per heavy atom.